The molecule has 0 spiro atoms. The van der Waals surface area contributed by atoms with Gasteiger partial charge in [-0.3, -0.25) is 10.1 Å². The molecule has 76 valence electrons. The minimum Gasteiger partial charge on any atom is -0.422 e. The summed E-state index contributed by atoms with van der Waals surface area (Å²) in [6.45, 7) is 0. The minimum atomic E-state index is -0.546. The van der Waals surface area contributed by atoms with E-state index in [0.717, 1.165) is 0 Å². The van der Waals surface area contributed by atoms with Gasteiger partial charge in [0.15, 0.2) is 0 Å². The molecule has 2 rings (SSSR count). The number of hydrogen-bond donors (Lipinski definition) is 0. The molecule has 0 aliphatic rings. The second-order valence-corrected chi connectivity index (χ2v) is 3.71. The largest absolute Gasteiger partial charge is 0.422 e. The van der Waals surface area contributed by atoms with Crippen molar-refractivity contribution in [2.45, 2.75) is 0 Å². The molecule has 0 saturated carbocycles. The summed E-state index contributed by atoms with van der Waals surface area (Å²) in [6, 6.07) is 5.38. The molecule has 0 radical (unpaired) electrons. The molecule has 15 heavy (non-hydrogen) atoms. The Morgan fingerprint density at radius 3 is 2.73 bits per heavy atom. The van der Waals surface area contributed by atoms with Crippen molar-refractivity contribution < 1.29 is 9.34 Å². The summed E-state index contributed by atoms with van der Waals surface area (Å²) < 4.78 is 5.40. The summed E-state index contributed by atoms with van der Waals surface area (Å²) in [6.07, 6.45) is 0. The predicted molar refractivity (Wildman–Crippen MR) is 56.8 cm³/mol. The van der Waals surface area contributed by atoms with Crippen molar-refractivity contribution in [3.05, 3.63) is 49.3 Å². The number of halogens is 1. The molecule has 2 aromatic rings. The van der Waals surface area contributed by atoms with Gasteiger partial charge in [0.25, 0.3) is 5.69 Å². The first-order valence-corrected chi connectivity index (χ1v) is 4.75. The molecule has 0 atom stereocenters. The Bertz CT molecular complexity index is 605. The van der Waals surface area contributed by atoms with Crippen LogP contribution in [0.4, 0.5) is 5.69 Å². The summed E-state index contributed by atoms with van der Waals surface area (Å²) in [7, 11) is 0. The second kappa shape index (κ2) is 3.47. The Balaban J connectivity index is 2.82. The number of nitrogens with zero attached hydrogens (tertiary/aromatic N) is 1. The third-order valence-corrected chi connectivity index (χ3v) is 2.54. The van der Waals surface area contributed by atoms with E-state index in [1.807, 2.05) is 0 Å². The molecule has 0 aliphatic carbocycles. The van der Waals surface area contributed by atoms with E-state index >= 15 is 0 Å². The zero-order valence-corrected chi connectivity index (χ0v) is 8.85. The van der Waals surface area contributed by atoms with Crippen LogP contribution in [0.3, 0.4) is 0 Å². The zero-order chi connectivity index (χ0) is 11.0. The van der Waals surface area contributed by atoms with E-state index in [1.54, 1.807) is 0 Å². The van der Waals surface area contributed by atoms with Crippen molar-refractivity contribution in [1.29, 1.82) is 0 Å². The molecule has 0 aliphatic heterocycles. The van der Waals surface area contributed by atoms with Gasteiger partial charge in [0.2, 0.25) is 0 Å². The Labute approximate surface area is 91.6 Å². The van der Waals surface area contributed by atoms with Crippen LogP contribution < -0.4 is 5.63 Å². The minimum absolute atomic E-state index is 0.108. The van der Waals surface area contributed by atoms with Gasteiger partial charge in [0, 0.05) is 22.0 Å². The van der Waals surface area contributed by atoms with Crippen LogP contribution in [0.2, 0.25) is 0 Å². The molecule has 1 aromatic carbocycles. The quantitative estimate of drug-likeness (QED) is 0.453. The summed E-state index contributed by atoms with van der Waals surface area (Å²) >= 11 is 3.18. The molecule has 6 heteroatoms. The highest BCUT2D eigenvalue weighted by Gasteiger charge is 2.09. The van der Waals surface area contributed by atoms with Gasteiger partial charge >= 0.3 is 5.63 Å². The van der Waals surface area contributed by atoms with Crippen molar-refractivity contribution in [2.75, 3.05) is 0 Å². The molecule has 0 bridgehead atoms. The van der Waals surface area contributed by atoms with E-state index < -0.39 is 10.5 Å². The molecule has 0 unspecified atom stereocenters. The molecule has 0 N–H and O–H groups in total. The maximum atomic E-state index is 11.0. The number of non-ortho nitro benzene ring substituents is 1. The van der Waals surface area contributed by atoms with Crippen molar-refractivity contribution in [2.24, 2.45) is 0 Å². The fraction of sp³-hybridized carbons (Fsp3) is 0. The van der Waals surface area contributed by atoms with Crippen LogP contribution in [-0.4, -0.2) is 4.92 Å². The molecular weight excluding hydrogens is 266 g/mol. The van der Waals surface area contributed by atoms with Gasteiger partial charge in [-0.05, 0) is 22.0 Å². The number of fused-ring (bicyclic) bond motifs is 1. The van der Waals surface area contributed by atoms with Gasteiger partial charge in [-0.2, -0.15) is 0 Å². The average molecular weight is 270 g/mol. The standard InChI is InChI=1S/C9H4BrNO4/c10-7-4-9(12)15-8-3-5(11(13)14)1-2-6(7)8/h1-4H. The fourth-order valence-corrected chi connectivity index (χ4v) is 1.74. The van der Waals surface area contributed by atoms with Crippen LogP contribution in [-0.2, 0) is 0 Å². The number of hydrogen-bond acceptors (Lipinski definition) is 4. The van der Waals surface area contributed by atoms with Crippen LogP contribution >= 0.6 is 15.9 Å². The number of rotatable bonds is 1. The van der Waals surface area contributed by atoms with Crippen molar-refractivity contribution in [1.82, 2.24) is 0 Å². The summed E-state index contributed by atoms with van der Waals surface area (Å²) in [5, 5.41) is 11.1. The Morgan fingerprint density at radius 1 is 1.33 bits per heavy atom. The first-order valence-electron chi connectivity index (χ1n) is 3.96. The van der Waals surface area contributed by atoms with Crippen LogP contribution in [0, 0.1) is 10.1 Å². The summed E-state index contributed by atoms with van der Waals surface area (Å²) in [5.74, 6) is 0. The summed E-state index contributed by atoms with van der Waals surface area (Å²) in [5.41, 5.74) is -0.456. The smallest absolute Gasteiger partial charge is 0.337 e. The number of nitro benzene ring substituents is 1. The third-order valence-electron chi connectivity index (χ3n) is 1.89. The van der Waals surface area contributed by atoms with E-state index in [1.165, 1.54) is 24.3 Å². The van der Waals surface area contributed by atoms with E-state index in [9.17, 15) is 14.9 Å². The van der Waals surface area contributed by atoms with Crippen molar-refractivity contribution >= 4 is 32.6 Å². The zero-order valence-electron chi connectivity index (χ0n) is 7.27. The Hall–Kier alpha value is -1.69. The van der Waals surface area contributed by atoms with Gasteiger partial charge in [0.1, 0.15) is 5.58 Å². The lowest BCUT2D eigenvalue weighted by molar-refractivity contribution is -0.384. The predicted octanol–water partition coefficient (Wildman–Crippen LogP) is 2.46. The fourth-order valence-electron chi connectivity index (χ4n) is 1.23. The van der Waals surface area contributed by atoms with Crippen LogP contribution in [0.5, 0.6) is 0 Å². The molecule has 5 nitrogen and oxygen atoms in total. The topological polar surface area (TPSA) is 73.3 Å². The van der Waals surface area contributed by atoms with Crippen LogP contribution in [0.1, 0.15) is 0 Å². The first kappa shape index (κ1) is 9.85. The van der Waals surface area contributed by atoms with Gasteiger partial charge < -0.3 is 4.42 Å². The monoisotopic (exact) mass is 269 g/mol. The molecular formula is C9H4BrNO4. The molecule has 0 amide bonds. The van der Waals surface area contributed by atoms with Gasteiger partial charge in [-0.15, -0.1) is 0 Å². The maximum Gasteiger partial charge on any atom is 0.337 e. The third kappa shape index (κ3) is 1.75. The Kier molecular flexibility index (Phi) is 2.28. The van der Waals surface area contributed by atoms with E-state index in [4.69, 9.17) is 4.42 Å². The molecule has 1 heterocycles. The lowest BCUT2D eigenvalue weighted by atomic mass is 10.2. The highest BCUT2D eigenvalue weighted by molar-refractivity contribution is 9.10. The second-order valence-electron chi connectivity index (χ2n) is 2.85. The summed E-state index contributed by atoms with van der Waals surface area (Å²) in [4.78, 5) is 21.0. The highest BCUT2D eigenvalue weighted by Crippen LogP contribution is 2.25. The Morgan fingerprint density at radius 2 is 2.07 bits per heavy atom. The molecule has 0 saturated heterocycles. The SMILES string of the molecule is O=c1cc(Br)c2ccc([N+](=O)[O-])cc2o1. The highest BCUT2D eigenvalue weighted by atomic mass is 79.9. The molecule has 0 fully saturated rings. The van der Waals surface area contributed by atoms with Gasteiger partial charge in [-0.1, -0.05) is 0 Å². The average Bonchev–Trinajstić information content (AvgIpc) is 2.16. The van der Waals surface area contributed by atoms with E-state index in [2.05, 4.69) is 15.9 Å². The van der Waals surface area contributed by atoms with Gasteiger partial charge in [-0.25, -0.2) is 4.79 Å². The molecule has 1 aromatic heterocycles. The lowest BCUT2D eigenvalue weighted by Crippen LogP contribution is -1.96. The lowest BCUT2D eigenvalue weighted by Gasteiger charge is -1.98. The number of benzene rings is 1. The van der Waals surface area contributed by atoms with E-state index in [-0.39, 0.29) is 11.3 Å². The van der Waals surface area contributed by atoms with Gasteiger partial charge in [0.05, 0.1) is 11.0 Å². The number of nitro groups is 1. The normalized spacial score (nSPS) is 10.5. The van der Waals surface area contributed by atoms with E-state index in [0.29, 0.717) is 9.86 Å². The van der Waals surface area contributed by atoms with Crippen molar-refractivity contribution in [3.8, 4) is 0 Å². The maximum absolute atomic E-state index is 11.0. The van der Waals surface area contributed by atoms with Crippen molar-refractivity contribution in [3.63, 3.8) is 0 Å². The first-order chi connectivity index (χ1) is 7.08. The van der Waals surface area contributed by atoms with Crippen LogP contribution in [0.25, 0.3) is 11.0 Å². The van der Waals surface area contributed by atoms with Crippen LogP contribution in [0.15, 0.2) is 37.9 Å².